The van der Waals surface area contributed by atoms with Crippen molar-refractivity contribution in [2.24, 2.45) is 0 Å². The predicted molar refractivity (Wildman–Crippen MR) is 143 cm³/mol. The molecule has 5 N–H and O–H groups in total. The number of carboxylic acid groups (broad SMARTS) is 1. The van der Waals surface area contributed by atoms with Gasteiger partial charge in [0.05, 0.1) is 19.1 Å². The van der Waals surface area contributed by atoms with Gasteiger partial charge < -0.3 is 30.6 Å². The number of hydrogen-bond acceptors (Lipinski definition) is 6. The first-order chi connectivity index (χ1) is 18.8. The van der Waals surface area contributed by atoms with Crippen LogP contribution in [0.1, 0.15) is 47.9 Å². The monoisotopic (exact) mass is 585 g/mol. The third kappa shape index (κ3) is 10.5. The Bertz CT molecular complexity index is 1300. The number of rotatable bonds is 11. The van der Waals surface area contributed by atoms with Crippen molar-refractivity contribution in [3.8, 4) is 0 Å². The Morgan fingerprint density at radius 1 is 1.15 bits per heavy atom. The highest BCUT2D eigenvalue weighted by Crippen LogP contribution is 2.22. The molecule has 0 aliphatic heterocycles. The standard InChI is InChI=1S/C23H26ClN3O4.C4H5F3O2/c1-14(26-13-21(28)15-3-2-4-18(24)10-15)9-17-12-27-20-11-16(5-6-19(17)20)23(31)25-8-7-22(29)30;1-2-9-3(8)4(5,6)7/h2-6,10-12,14,21,26-28H,7-9,13H2,1H3,(H,25,31)(H,29,30);2H2,1H3/t14-,21+;/m1./s1. The fourth-order valence-corrected chi connectivity index (χ4v) is 3.84. The van der Waals surface area contributed by atoms with Crippen LogP contribution < -0.4 is 10.6 Å². The molecule has 1 aromatic heterocycles. The molecule has 1 amide bonds. The maximum Gasteiger partial charge on any atom is 0.490 e. The number of aromatic nitrogens is 1. The van der Waals surface area contributed by atoms with Crippen molar-refractivity contribution in [3.05, 3.63) is 70.4 Å². The number of benzene rings is 2. The number of carbonyl (C=O) groups excluding carboxylic acids is 2. The number of esters is 1. The third-order valence-corrected chi connectivity index (χ3v) is 5.82. The fraction of sp³-hybridized carbons (Fsp3) is 0.370. The van der Waals surface area contributed by atoms with E-state index in [4.69, 9.17) is 16.7 Å². The number of aliphatic hydroxyl groups excluding tert-OH is 1. The molecule has 0 spiro atoms. The molecule has 0 saturated heterocycles. The van der Waals surface area contributed by atoms with Crippen LogP contribution in [0.25, 0.3) is 10.9 Å². The van der Waals surface area contributed by atoms with Gasteiger partial charge in [-0.15, -0.1) is 0 Å². The molecule has 0 radical (unpaired) electrons. The van der Waals surface area contributed by atoms with E-state index in [9.17, 15) is 32.7 Å². The van der Waals surface area contributed by atoms with Crippen LogP contribution in [-0.2, 0) is 20.7 Å². The van der Waals surface area contributed by atoms with Gasteiger partial charge in [-0.25, -0.2) is 4.79 Å². The first-order valence-electron chi connectivity index (χ1n) is 12.3. The number of carbonyl (C=O) groups is 3. The summed E-state index contributed by atoms with van der Waals surface area (Å²) < 4.78 is 37.1. The average molecular weight is 586 g/mol. The van der Waals surface area contributed by atoms with Crippen LogP contribution in [0.15, 0.2) is 48.7 Å². The molecular formula is C27H31ClF3N3O6. The lowest BCUT2D eigenvalue weighted by atomic mass is 10.0. The van der Waals surface area contributed by atoms with Crippen molar-refractivity contribution >= 4 is 40.3 Å². The smallest absolute Gasteiger partial charge is 0.481 e. The van der Waals surface area contributed by atoms with Gasteiger partial charge in [0.15, 0.2) is 0 Å². The van der Waals surface area contributed by atoms with Gasteiger partial charge in [-0.3, -0.25) is 9.59 Å². The number of carboxylic acids is 1. The maximum atomic E-state index is 12.2. The molecule has 3 aromatic rings. The van der Waals surface area contributed by atoms with Gasteiger partial charge in [0.1, 0.15) is 0 Å². The number of nitrogens with one attached hydrogen (secondary N) is 3. The Kier molecular flexibility index (Phi) is 12.4. The normalized spacial score (nSPS) is 12.7. The molecule has 0 aliphatic carbocycles. The molecule has 2 aromatic carbocycles. The Labute approximate surface area is 233 Å². The predicted octanol–water partition coefficient (Wildman–Crippen LogP) is 4.39. The topological polar surface area (TPSA) is 141 Å². The highest BCUT2D eigenvalue weighted by Gasteiger charge is 2.40. The summed E-state index contributed by atoms with van der Waals surface area (Å²) in [5.74, 6) is -3.39. The minimum atomic E-state index is -4.85. The average Bonchev–Trinajstić information content (AvgIpc) is 3.28. The SMILES string of the molecule is CCOC(=O)C(F)(F)F.C[C@H](Cc1c[nH]c2cc(C(=O)NCCC(=O)O)ccc12)NC[C@H](O)c1cccc(Cl)c1. The second-order valence-corrected chi connectivity index (χ2v) is 9.21. The lowest BCUT2D eigenvalue weighted by Crippen LogP contribution is -2.32. The second kappa shape index (κ2) is 15.2. The summed E-state index contributed by atoms with van der Waals surface area (Å²) in [5.41, 5.74) is 3.19. The van der Waals surface area contributed by atoms with Crippen LogP contribution in [-0.4, -0.2) is 65.0 Å². The van der Waals surface area contributed by atoms with Crippen molar-refractivity contribution in [1.82, 2.24) is 15.6 Å². The van der Waals surface area contributed by atoms with E-state index in [1.54, 1.807) is 24.3 Å². The van der Waals surface area contributed by atoms with Crippen molar-refractivity contribution in [1.29, 1.82) is 0 Å². The lowest BCUT2D eigenvalue weighted by Gasteiger charge is -2.17. The summed E-state index contributed by atoms with van der Waals surface area (Å²) in [4.78, 5) is 35.7. The number of fused-ring (bicyclic) bond motifs is 1. The quantitative estimate of drug-likeness (QED) is 0.210. The Balaban J connectivity index is 0.000000536. The molecule has 0 fully saturated rings. The zero-order chi connectivity index (χ0) is 29.9. The summed E-state index contributed by atoms with van der Waals surface area (Å²) in [5, 5.41) is 26.6. The van der Waals surface area contributed by atoms with Crippen LogP contribution in [0, 0.1) is 0 Å². The van der Waals surface area contributed by atoms with Crippen LogP contribution in [0.4, 0.5) is 13.2 Å². The number of alkyl halides is 3. The highest BCUT2D eigenvalue weighted by atomic mass is 35.5. The van der Waals surface area contributed by atoms with E-state index in [-0.39, 0.29) is 31.5 Å². The molecule has 218 valence electrons. The van der Waals surface area contributed by atoms with Gasteiger partial charge in [0.2, 0.25) is 0 Å². The van der Waals surface area contributed by atoms with Gasteiger partial charge in [0, 0.05) is 46.8 Å². The minimum absolute atomic E-state index is 0.0897. The van der Waals surface area contributed by atoms with E-state index >= 15 is 0 Å². The summed E-state index contributed by atoms with van der Waals surface area (Å²) >= 11 is 5.99. The van der Waals surface area contributed by atoms with Gasteiger partial charge in [-0.2, -0.15) is 13.2 Å². The molecule has 0 aliphatic rings. The molecule has 40 heavy (non-hydrogen) atoms. The zero-order valence-electron chi connectivity index (χ0n) is 21.8. The van der Waals surface area contributed by atoms with E-state index in [1.165, 1.54) is 6.92 Å². The van der Waals surface area contributed by atoms with Gasteiger partial charge in [-0.1, -0.05) is 29.8 Å². The molecule has 1 heterocycles. The van der Waals surface area contributed by atoms with Crippen LogP contribution in [0.5, 0.6) is 0 Å². The summed E-state index contributed by atoms with van der Waals surface area (Å²) in [6, 6.07) is 12.7. The number of halogens is 4. The molecule has 3 rings (SSSR count). The molecular weight excluding hydrogens is 555 g/mol. The maximum absolute atomic E-state index is 12.2. The van der Waals surface area contributed by atoms with Crippen molar-refractivity contribution in [3.63, 3.8) is 0 Å². The van der Waals surface area contributed by atoms with E-state index in [2.05, 4.69) is 20.4 Å². The van der Waals surface area contributed by atoms with Crippen molar-refractivity contribution in [2.75, 3.05) is 19.7 Å². The third-order valence-electron chi connectivity index (χ3n) is 5.58. The molecule has 2 atom stereocenters. The van der Waals surface area contributed by atoms with Crippen molar-refractivity contribution < 1.29 is 42.5 Å². The highest BCUT2D eigenvalue weighted by molar-refractivity contribution is 6.30. The number of aliphatic hydroxyl groups is 1. The lowest BCUT2D eigenvalue weighted by molar-refractivity contribution is -0.199. The molecule has 0 saturated carbocycles. The first kappa shape index (κ1) is 32.6. The van der Waals surface area contributed by atoms with Crippen molar-refractivity contribution in [2.45, 2.75) is 45.0 Å². The minimum Gasteiger partial charge on any atom is -0.481 e. The number of H-pyrrole nitrogens is 1. The molecule has 13 heteroatoms. The Hall–Kier alpha value is -3.61. The summed E-state index contributed by atoms with van der Waals surface area (Å²) in [6.07, 6.45) is -2.95. The molecule has 0 bridgehead atoms. The van der Waals surface area contributed by atoms with E-state index < -0.39 is 24.2 Å². The van der Waals surface area contributed by atoms with E-state index in [0.717, 1.165) is 28.5 Å². The Morgan fingerprint density at radius 3 is 2.48 bits per heavy atom. The number of ether oxygens (including phenoxy) is 1. The zero-order valence-corrected chi connectivity index (χ0v) is 22.6. The number of hydrogen-bond donors (Lipinski definition) is 5. The largest absolute Gasteiger partial charge is 0.490 e. The van der Waals surface area contributed by atoms with Gasteiger partial charge in [-0.05, 0) is 55.7 Å². The van der Waals surface area contributed by atoms with Crippen LogP contribution in [0.3, 0.4) is 0 Å². The summed E-state index contributed by atoms with van der Waals surface area (Å²) in [7, 11) is 0. The summed E-state index contributed by atoms with van der Waals surface area (Å²) in [6.45, 7) is 3.60. The first-order valence-corrected chi connectivity index (χ1v) is 12.7. The Morgan fingerprint density at radius 2 is 1.88 bits per heavy atom. The second-order valence-electron chi connectivity index (χ2n) is 8.78. The van der Waals surface area contributed by atoms with Gasteiger partial charge >= 0.3 is 18.1 Å². The molecule has 9 nitrogen and oxygen atoms in total. The van der Waals surface area contributed by atoms with Gasteiger partial charge in [0.25, 0.3) is 5.91 Å². The van der Waals surface area contributed by atoms with Crippen LogP contribution in [0.2, 0.25) is 5.02 Å². The van der Waals surface area contributed by atoms with E-state index in [0.29, 0.717) is 17.1 Å². The van der Waals surface area contributed by atoms with E-state index in [1.807, 2.05) is 31.3 Å². The fourth-order valence-electron chi connectivity index (χ4n) is 3.64. The van der Waals surface area contributed by atoms with Crippen LogP contribution >= 0.6 is 11.6 Å². The number of aromatic amines is 1. The number of amides is 1. The molecule has 0 unspecified atom stereocenters. The number of aliphatic carboxylic acids is 1.